The fraction of sp³-hybridized carbons (Fsp3) is 0.190. The first-order valence-electron chi connectivity index (χ1n) is 9.96. The van der Waals surface area contributed by atoms with Crippen molar-refractivity contribution in [1.82, 2.24) is 30.0 Å². The highest BCUT2D eigenvalue weighted by Crippen LogP contribution is 2.37. The lowest BCUT2D eigenvalue weighted by Crippen LogP contribution is -2.45. The molecule has 13 heteroatoms. The number of rotatable bonds is 5. The standard InChI is InChI=1S/C21H14ClF3N6O3/c22-12-5-6-13(16(11-12)31-26-8-9-27-31)20(32)30-10-7-15(30)19-28-18(29-34-19)14-3-1-2-4-17(14)33-21(23,24)25/h1-6,8-9,11,15H,7,10H2. The Bertz CT molecular complexity index is 1340. The molecule has 174 valence electrons. The monoisotopic (exact) mass is 490 g/mol. The van der Waals surface area contributed by atoms with Crippen molar-refractivity contribution in [3.05, 3.63) is 71.3 Å². The van der Waals surface area contributed by atoms with Gasteiger partial charge in [0.2, 0.25) is 11.7 Å². The molecule has 1 fully saturated rings. The van der Waals surface area contributed by atoms with Gasteiger partial charge < -0.3 is 14.2 Å². The lowest BCUT2D eigenvalue weighted by atomic mass is 10.0. The van der Waals surface area contributed by atoms with Crippen LogP contribution in [-0.2, 0) is 0 Å². The molecule has 9 nitrogen and oxygen atoms in total. The lowest BCUT2D eigenvalue weighted by Gasteiger charge is -2.38. The second kappa shape index (κ2) is 8.45. The molecule has 1 aliphatic heterocycles. The lowest BCUT2D eigenvalue weighted by molar-refractivity contribution is -0.274. The molecule has 0 saturated carbocycles. The van der Waals surface area contributed by atoms with Gasteiger partial charge in [-0.05, 0) is 36.8 Å². The van der Waals surface area contributed by atoms with Gasteiger partial charge in [0.15, 0.2) is 0 Å². The maximum atomic E-state index is 13.3. The van der Waals surface area contributed by atoms with Gasteiger partial charge in [-0.15, -0.1) is 13.2 Å². The Morgan fingerprint density at radius 2 is 1.91 bits per heavy atom. The SMILES string of the molecule is O=C(c1ccc(Cl)cc1-n1nccn1)N1CCC1c1nc(-c2ccccc2OC(F)(F)F)no1. The highest BCUT2D eigenvalue weighted by Gasteiger charge is 2.39. The van der Waals surface area contributed by atoms with Gasteiger partial charge >= 0.3 is 6.36 Å². The molecule has 0 spiro atoms. The van der Waals surface area contributed by atoms with Gasteiger partial charge in [0.1, 0.15) is 11.8 Å². The summed E-state index contributed by atoms with van der Waals surface area (Å²) >= 11 is 6.10. The van der Waals surface area contributed by atoms with Crippen molar-refractivity contribution in [3.63, 3.8) is 0 Å². The van der Waals surface area contributed by atoms with Gasteiger partial charge in [0.05, 0.1) is 29.2 Å². The van der Waals surface area contributed by atoms with Crippen LogP contribution in [-0.4, -0.2) is 48.8 Å². The van der Waals surface area contributed by atoms with Crippen molar-refractivity contribution in [2.75, 3.05) is 6.54 Å². The maximum Gasteiger partial charge on any atom is 0.573 e. The average Bonchev–Trinajstić information content (AvgIpc) is 3.45. The van der Waals surface area contributed by atoms with Gasteiger partial charge in [-0.25, -0.2) is 0 Å². The molecule has 1 saturated heterocycles. The molecule has 1 amide bonds. The number of carbonyl (C=O) groups is 1. The van der Waals surface area contributed by atoms with Crippen LogP contribution < -0.4 is 4.74 Å². The van der Waals surface area contributed by atoms with E-state index in [1.165, 1.54) is 40.3 Å². The Labute approximate surface area is 194 Å². The second-order valence-electron chi connectivity index (χ2n) is 7.28. The van der Waals surface area contributed by atoms with E-state index in [9.17, 15) is 18.0 Å². The molecule has 0 radical (unpaired) electrons. The molecule has 0 aliphatic carbocycles. The molecule has 34 heavy (non-hydrogen) atoms. The Hall–Kier alpha value is -3.93. The van der Waals surface area contributed by atoms with Crippen LogP contribution in [0.5, 0.6) is 5.75 Å². The third-order valence-corrected chi connectivity index (χ3v) is 5.42. The number of hydrogen-bond donors (Lipinski definition) is 0. The molecule has 1 atom stereocenters. The topological polar surface area (TPSA) is 99.2 Å². The number of amides is 1. The zero-order valence-electron chi connectivity index (χ0n) is 17.1. The molecule has 1 aliphatic rings. The smallest absolute Gasteiger partial charge is 0.405 e. The van der Waals surface area contributed by atoms with Crippen LogP contribution in [0.2, 0.25) is 5.02 Å². The quantitative estimate of drug-likeness (QED) is 0.407. The molecular formula is C21H14ClF3N6O3. The van der Waals surface area contributed by atoms with E-state index in [4.69, 9.17) is 16.1 Å². The van der Waals surface area contributed by atoms with Gasteiger partial charge in [-0.1, -0.05) is 28.9 Å². The first-order chi connectivity index (χ1) is 16.3. The number of hydrogen-bond acceptors (Lipinski definition) is 7. The minimum atomic E-state index is -4.88. The van der Waals surface area contributed by atoms with Crippen molar-refractivity contribution in [3.8, 4) is 22.8 Å². The molecule has 2 aromatic carbocycles. The van der Waals surface area contributed by atoms with Crippen LogP contribution in [0.4, 0.5) is 13.2 Å². The van der Waals surface area contributed by atoms with Crippen LogP contribution in [0.15, 0.2) is 59.4 Å². The third-order valence-electron chi connectivity index (χ3n) is 5.19. The predicted molar refractivity (Wildman–Crippen MR) is 111 cm³/mol. The first kappa shape index (κ1) is 21.9. The Kier molecular flexibility index (Phi) is 5.44. The molecule has 2 aromatic heterocycles. The van der Waals surface area contributed by atoms with E-state index in [-0.39, 0.29) is 23.2 Å². The largest absolute Gasteiger partial charge is 0.573 e. The summed E-state index contributed by atoms with van der Waals surface area (Å²) in [6.07, 6.45) is -1.39. The number of carbonyl (C=O) groups excluding carboxylic acids is 1. The van der Waals surface area contributed by atoms with Crippen molar-refractivity contribution in [2.24, 2.45) is 0 Å². The van der Waals surface area contributed by atoms with E-state index >= 15 is 0 Å². The number of benzene rings is 2. The Morgan fingerprint density at radius 1 is 1.15 bits per heavy atom. The van der Waals surface area contributed by atoms with Gasteiger partial charge in [0.25, 0.3) is 5.91 Å². The highest BCUT2D eigenvalue weighted by atomic mass is 35.5. The van der Waals surface area contributed by atoms with Crippen molar-refractivity contribution in [2.45, 2.75) is 18.8 Å². The molecule has 5 rings (SSSR count). The first-order valence-corrected chi connectivity index (χ1v) is 10.3. The van der Waals surface area contributed by atoms with Gasteiger partial charge in [-0.3, -0.25) is 4.79 Å². The van der Waals surface area contributed by atoms with Crippen LogP contribution >= 0.6 is 11.6 Å². The number of ether oxygens (including phenoxy) is 1. The fourth-order valence-electron chi connectivity index (χ4n) is 3.58. The van der Waals surface area contributed by atoms with Crippen LogP contribution in [0, 0.1) is 0 Å². The van der Waals surface area contributed by atoms with E-state index in [0.717, 1.165) is 6.07 Å². The minimum Gasteiger partial charge on any atom is -0.405 e. The number of nitrogens with zero attached hydrogens (tertiary/aromatic N) is 6. The summed E-state index contributed by atoms with van der Waals surface area (Å²) in [5, 5.41) is 12.3. The summed E-state index contributed by atoms with van der Waals surface area (Å²) < 4.78 is 47.6. The van der Waals surface area contributed by atoms with E-state index < -0.39 is 18.2 Å². The number of aromatic nitrogens is 5. The molecule has 3 heterocycles. The molecule has 1 unspecified atom stereocenters. The van der Waals surface area contributed by atoms with E-state index in [0.29, 0.717) is 29.2 Å². The van der Waals surface area contributed by atoms with Crippen molar-refractivity contribution >= 4 is 17.5 Å². The highest BCUT2D eigenvalue weighted by molar-refractivity contribution is 6.31. The zero-order chi connectivity index (χ0) is 23.9. The summed E-state index contributed by atoms with van der Waals surface area (Å²) in [6.45, 7) is 0.420. The number of likely N-dealkylation sites (tertiary alicyclic amines) is 1. The molecular weight excluding hydrogens is 477 g/mol. The van der Waals surface area contributed by atoms with Gasteiger partial charge in [-0.2, -0.15) is 20.0 Å². The third kappa shape index (κ3) is 4.19. The van der Waals surface area contributed by atoms with Crippen molar-refractivity contribution < 1.29 is 27.2 Å². The van der Waals surface area contributed by atoms with E-state index in [1.807, 2.05) is 0 Å². The molecule has 4 aromatic rings. The summed E-state index contributed by atoms with van der Waals surface area (Å²) in [4.78, 5) is 20.3. The summed E-state index contributed by atoms with van der Waals surface area (Å²) in [5.74, 6) is -0.770. The normalized spacial score (nSPS) is 15.8. The van der Waals surface area contributed by atoms with Crippen molar-refractivity contribution in [1.29, 1.82) is 0 Å². The van der Waals surface area contributed by atoms with Gasteiger partial charge in [0, 0.05) is 11.6 Å². The molecule has 0 bridgehead atoms. The van der Waals surface area contributed by atoms with Crippen LogP contribution in [0.1, 0.15) is 28.7 Å². The number of alkyl halides is 3. The Morgan fingerprint density at radius 3 is 2.62 bits per heavy atom. The van der Waals surface area contributed by atoms with E-state index in [2.05, 4.69) is 25.1 Å². The second-order valence-corrected chi connectivity index (χ2v) is 7.72. The molecule has 0 N–H and O–H groups in total. The summed E-state index contributed by atoms with van der Waals surface area (Å²) in [7, 11) is 0. The number of halogens is 4. The Balaban J connectivity index is 1.41. The summed E-state index contributed by atoms with van der Waals surface area (Å²) in [6, 6.07) is 9.65. The van der Waals surface area contributed by atoms with Crippen LogP contribution in [0.25, 0.3) is 17.1 Å². The van der Waals surface area contributed by atoms with Crippen LogP contribution in [0.3, 0.4) is 0 Å². The minimum absolute atomic E-state index is 0.0109. The van der Waals surface area contributed by atoms with E-state index in [1.54, 1.807) is 18.2 Å². The predicted octanol–water partition coefficient (Wildman–Crippen LogP) is 4.46. The zero-order valence-corrected chi connectivity index (χ0v) is 17.9. The fourth-order valence-corrected chi connectivity index (χ4v) is 3.74. The maximum absolute atomic E-state index is 13.3. The number of para-hydroxylation sites is 1. The summed E-state index contributed by atoms with van der Waals surface area (Å²) in [5.41, 5.74) is 0.725. The average molecular weight is 491 g/mol.